The monoisotopic (exact) mass is 657 g/mol. The number of allylic oxidation sites excluding steroid dienone is 8. The average Bonchev–Trinajstić information content (AvgIpc) is 3.49. The lowest BCUT2D eigenvalue weighted by Gasteiger charge is -2.19. The van der Waals surface area contributed by atoms with Crippen LogP contribution in [0.25, 0.3) is 0 Å². The number of carbonyl (C=O) groups is 1. The molecule has 1 heterocycles. The van der Waals surface area contributed by atoms with Crippen molar-refractivity contribution < 1.29 is 14.3 Å². The highest BCUT2D eigenvalue weighted by Crippen LogP contribution is 2.19. The summed E-state index contributed by atoms with van der Waals surface area (Å²) in [5, 5.41) is 0. The maximum atomic E-state index is 12.2. The molecular weight excluding hydrogens is 580 g/mol. The lowest BCUT2D eigenvalue weighted by molar-refractivity contribution is -0.129. The molecule has 0 aromatic rings. The van der Waals surface area contributed by atoms with Crippen molar-refractivity contribution in [2.75, 3.05) is 32.8 Å². The van der Waals surface area contributed by atoms with Crippen LogP contribution < -0.4 is 5.73 Å². The van der Waals surface area contributed by atoms with Crippen LogP contribution in [-0.2, 0) is 14.3 Å². The van der Waals surface area contributed by atoms with Gasteiger partial charge in [-0.2, -0.15) is 0 Å². The van der Waals surface area contributed by atoms with Gasteiger partial charge in [0.1, 0.15) is 12.2 Å². The fraction of sp³-hybridized carbons (Fsp3) is 0.786. The highest BCUT2D eigenvalue weighted by molar-refractivity contribution is 5.78. The predicted octanol–water partition coefficient (Wildman–Crippen LogP) is 11.2. The molecule has 0 spiro atoms. The van der Waals surface area contributed by atoms with Gasteiger partial charge < -0.3 is 20.1 Å². The second-order valence-corrected chi connectivity index (χ2v) is 13.5. The van der Waals surface area contributed by atoms with Crippen molar-refractivity contribution in [3.63, 3.8) is 0 Å². The average molecular weight is 657 g/mol. The number of likely N-dealkylation sites (tertiary alicyclic amines) is 1. The Morgan fingerprint density at radius 2 is 0.872 bits per heavy atom. The molecule has 2 N–H and O–H groups in total. The fourth-order valence-electron chi connectivity index (χ4n) is 6.05. The van der Waals surface area contributed by atoms with Gasteiger partial charge in [-0.15, -0.1) is 0 Å². The van der Waals surface area contributed by atoms with Crippen LogP contribution in [0.5, 0.6) is 0 Å². The summed E-state index contributed by atoms with van der Waals surface area (Å²) in [6, 6.07) is 0. The van der Waals surface area contributed by atoms with Gasteiger partial charge >= 0.3 is 0 Å². The summed E-state index contributed by atoms with van der Waals surface area (Å²) >= 11 is 0. The van der Waals surface area contributed by atoms with E-state index in [0.717, 1.165) is 38.9 Å². The Balaban J connectivity index is 2.05. The molecule has 1 unspecified atom stereocenters. The number of carbonyl (C=O) groups excluding carboxylic acids is 1. The van der Waals surface area contributed by atoms with Crippen LogP contribution in [0.2, 0.25) is 0 Å². The van der Waals surface area contributed by atoms with Gasteiger partial charge in [0.15, 0.2) is 0 Å². The number of ether oxygens (including phenoxy) is 2. The molecule has 1 fully saturated rings. The second-order valence-electron chi connectivity index (χ2n) is 13.5. The van der Waals surface area contributed by atoms with Crippen LogP contribution in [0.4, 0.5) is 0 Å². The summed E-state index contributed by atoms with van der Waals surface area (Å²) < 4.78 is 12.5. The molecule has 5 nitrogen and oxygen atoms in total. The first-order valence-electron chi connectivity index (χ1n) is 20.0. The van der Waals surface area contributed by atoms with Crippen LogP contribution in [-0.4, -0.2) is 55.9 Å². The Labute approximate surface area is 291 Å². The SMILES string of the molecule is CCCCCC=CCC=CCCCCCCCCOC1CN(C(=O)CN)C[C@H]1OCCCCCCCCC=CCC=CCCCCC. The minimum Gasteiger partial charge on any atom is -0.374 e. The first-order valence-corrected chi connectivity index (χ1v) is 20.0. The maximum Gasteiger partial charge on any atom is 0.236 e. The van der Waals surface area contributed by atoms with Crippen LogP contribution in [0, 0.1) is 0 Å². The number of rotatable bonds is 33. The van der Waals surface area contributed by atoms with Gasteiger partial charge in [-0.05, 0) is 77.0 Å². The van der Waals surface area contributed by atoms with Crippen molar-refractivity contribution in [1.82, 2.24) is 4.90 Å². The molecule has 1 aliphatic heterocycles. The van der Waals surface area contributed by atoms with E-state index < -0.39 is 0 Å². The first-order chi connectivity index (χ1) is 23.2. The largest absolute Gasteiger partial charge is 0.374 e. The zero-order valence-corrected chi connectivity index (χ0v) is 31.0. The normalized spacial score (nSPS) is 17.1. The smallest absolute Gasteiger partial charge is 0.236 e. The number of nitrogens with two attached hydrogens (primary N) is 1. The van der Waals surface area contributed by atoms with Gasteiger partial charge in [-0.1, -0.05) is 140 Å². The number of hydrogen-bond donors (Lipinski definition) is 1. The number of nitrogens with zero attached hydrogens (tertiary/aromatic N) is 1. The summed E-state index contributed by atoms with van der Waals surface area (Å²) in [5.41, 5.74) is 5.65. The van der Waals surface area contributed by atoms with E-state index in [1.165, 1.54) is 128 Å². The molecule has 1 aliphatic rings. The molecular formula is C42H76N2O3. The van der Waals surface area contributed by atoms with Gasteiger partial charge in [0.05, 0.1) is 6.54 Å². The fourth-order valence-corrected chi connectivity index (χ4v) is 6.05. The Morgan fingerprint density at radius 3 is 1.23 bits per heavy atom. The van der Waals surface area contributed by atoms with E-state index in [9.17, 15) is 4.79 Å². The molecule has 47 heavy (non-hydrogen) atoms. The molecule has 0 radical (unpaired) electrons. The van der Waals surface area contributed by atoms with Gasteiger partial charge in [0.2, 0.25) is 5.91 Å². The third-order valence-corrected chi connectivity index (χ3v) is 9.10. The first kappa shape index (κ1) is 43.3. The third kappa shape index (κ3) is 26.9. The molecule has 272 valence electrons. The topological polar surface area (TPSA) is 64.8 Å². The molecule has 1 rings (SSSR count). The molecule has 0 aromatic carbocycles. The van der Waals surface area contributed by atoms with Crippen molar-refractivity contribution in [3.8, 4) is 0 Å². The van der Waals surface area contributed by atoms with Crippen molar-refractivity contribution in [3.05, 3.63) is 48.6 Å². The van der Waals surface area contributed by atoms with Gasteiger partial charge in [0, 0.05) is 26.3 Å². The molecule has 1 amide bonds. The summed E-state index contributed by atoms with van der Waals surface area (Å²) in [6.45, 7) is 7.26. The lowest BCUT2D eigenvalue weighted by Crippen LogP contribution is -2.35. The van der Waals surface area contributed by atoms with Crippen molar-refractivity contribution in [2.24, 2.45) is 5.73 Å². The minimum atomic E-state index is -0.0342. The Hall–Kier alpha value is -1.69. The quantitative estimate of drug-likeness (QED) is 0.0564. The van der Waals surface area contributed by atoms with Gasteiger partial charge in [-0.3, -0.25) is 4.79 Å². The number of hydrogen-bond acceptors (Lipinski definition) is 4. The van der Waals surface area contributed by atoms with Crippen LogP contribution in [0.3, 0.4) is 0 Å². The van der Waals surface area contributed by atoms with Gasteiger partial charge in [0.25, 0.3) is 0 Å². The maximum absolute atomic E-state index is 12.2. The van der Waals surface area contributed by atoms with E-state index in [1.807, 2.05) is 4.90 Å². The predicted molar refractivity (Wildman–Crippen MR) is 204 cm³/mol. The minimum absolute atomic E-state index is 0.00728. The Bertz CT molecular complexity index is 748. The van der Waals surface area contributed by atoms with E-state index >= 15 is 0 Å². The summed E-state index contributed by atoms with van der Waals surface area (Å²) in [4.78, 5) is 14.1. The van der Waals surface area contributed by atoms with Crippen LogP contribution >= 0.6 is 0 Å². The molecule has 5 heteroatoms. The highest BCUT2D eigenvalue weighted by Gasteiger charge is 2.36. The molecule has 1 saturated heterocycles. The zero-order valence-electron chi connectivity index (χ0n) is 31.0. The second kappa shape index (κ2) is 34.2. The Morgan fingerprint density at radius 1 is 0.532 bits per heavy atom. The van der Waals surface area contributed by atoms with E-state index in [1.54, 1.807) is 0 Å². The standard InChI is InChI=1S/C42H76N2O3/c1-3-5-7-9-11-13-15-17-19-21-23-25-27-29-31-33-35-46-40-38-44(42(45)37-43)39-41(40)47-36-34-32-30-28-26-24-22-20-18-16-14-12-10-8-6-4-2/h11-14,17-20,40-41H,3-10,15-16,21-39,43H2,1-2H3/t40-,41?/m1/s1. The zero-order chi connectivity index (χ0) is 33.9. The van der Waals surface area contributed by atoms with E-state index in [0.29, 0.717) is 13.1 Å². The van der Waals surface area contributed by atoms with E-state index in [-0.39, 0.29) is 24.7 Å². The van der Waals surface area contributed by atoms with Crippen molar-refractivity contribution in [2.45, 2.75) is 180 Å². The third-order valence-electron chi connectivity index (χ3n) is 9.10. The lowest BCUT2D eigenvalue weighted by atomic mass is 10.1. The summed E-state index contributed by atoms with van der Waals surface area (Å²) in [7, 11) is 0. The van der Waals surface area contributed by atoms with Crippen molar-refractivity contribution >= 4 is 5.91 Å². The summed E-state index contributed by atoms with van der Waals surface area (Å²) in [5.74, 6) is -0.00728. The molecule has 0 aromatic heterocycles. The molecule has 2 atom stereocenters. The molecule has 0 bridgehead atoms. The number of unbranched alkanes of at least 4 members (excludes halogenated alkanes) is 18. The Kier molecular flexibility index (Phi) is 31.5. The highest BCUT2D eigenvalue weighted by atomic mass is 16.5. The summed E-state index contributed by atoms with van der Waals surface area (Å²) in [6.07, 6.45) is 48.3. The van der Waals surface area contributed by atoms with Gasteiger partial charge in [-0.25, -0.2) is 0 Å². The van der Waals surface area contributed by atoms with Crippen molar-refractivity contribution in [1.29, 1.82) is 0 Å². The molecule has 0 aliphatic carbocycles. The van der Waals surface area contributed by atoms with Crippen LogP contribution in [0.15, 0.2) is 48.6 Å². The number of amides is 1. The van der Waals surface area contributed by atoms with E-state index in [4.69, 9.17) is 15.2 Å². The van der Waals surface area contributed by atoms with Crippen LogP contribution in [0.1, 0.15) is 168 Å². The van der Waals surface area contributed by atoms with E-state index in [2.05, 4.69) is 62.5 Å². The molecule has 0 saturated carbocycles.